The number of benzene rings is 2. The first-order chi connectivity index (χ1) is 16.8. The molecule has 2 rings (SSSR count). The highest BCUT2D eigenvalue weighted by Gasteiger charge is 2.43. The van der Waals surface area contributed by atoms with E-state index in [1.54, 1.807) is 48.5 Å². The largest absolute Gasteiger partial charge is 0.456 e. The molecule has 8 heteroatoms. The van der Waals surface area contributed by atoms with E-state index in [4.69, 9.17) is 18.3 Å². The SMILES string of the molecule is CCC(OC(=O)c1ccccc1)C(O[Si](C)(C)C)C(O[Si](C)(C)C)C(CC)OC(=O)c1ccccc1. The third kappa shape index (κ3) is 9.65. The predicted molar refractivity (Wildman–Crippen MR) is 148 cm³/mol. The number of ether oxygens (including phenoxy) is 2. The van der Waals surface area contributed by atoms with Crippen LogP contribution >= 0.6 is 0 Å². The molecule has 4 atom stereocenters. The molecule has 6 nitrogen and oxygen atoms in total. The minimum Gasteiger partial charge on any atom is -0.456 e. The molecule has 198 valence electrons. The van der Waals surface area contributed by atoms with Gasteiger partial charge in [0.1, 0.15) is 24.4 Å². The number of carbonyl (C=O) groups is 2. The Labute approximate surface area is 218 Å². The summed E-state index contributed by atoms with van der Waals surface area (Å²) in [5.41, 5.74) is 0.959. The lowest BCUT2D eigenvalue weighted by Gasteiger charge is -2.42. The van der Waals surface area contributed by atoms with E-state index in [9.17, 15) is 9.59 Å². The molecule has 0 spiro atoms. The quantitative estimate of drug-likeness (QED) is 0.212. The van der Waals surface area contributed by atoms with E-state index in [0.717, 1.165) is 0 Å². The van der Waals surface area contributed by atoms with E-state index in [0.29, 0.717) is 24.0 Å². The van der Waals surface area contributed by atoms with E-state index in [2.05, 4.69) is 39.3 Å². The molecule has 0 heterocycles. The molecule has 0 aromatic heterocycles. The Hall–Kier alpha value is -2.27. The fraction of sp³-hybridized carbons (Fsp3) is 0.500. The van der Waals surface area contributed by atoms with Crippen LogP contribution in [0, 0.1) is 0 Å². The molecular weight excluding hydrogens is 488 g/mol. The second kappa shape index (κ2) is 13.3. The third-order valence-corrected chi connectivity index (χ3v) is 7.34. The van der Waals surface area contributed by atoms with E-state index in [-0.39, 0.29) is 0 Å². The Balaban J connectivity index is 2.44. The second-order valence-corrected chi connectivity index (χ2v) is 19.7. The zero-order chi connectivity index (χ0) is 26.9. The molecule has 0 saturated heterocycles. The van der Waals surface area contributed by atoms with Crippen molar-refractivity contribution in [3.8, 4) is 0 Å². The van der Waals surface area contributed by atoms with Crippen molar-refractivity contribution >= 4 is 28.6 Å². The van der Waals surface area contributed by atoms with Crippen LogP contribution in [0.1, 0.15) is 47.4 Å². The van der Waals surface area contributed by atoms with Gasteiger partial charge in [0.2, 0.25) is 0 Å². The van der Waals surface area contributed by atoms with Crippen LogP contribution < -0.4 is 0 Å². The molecule has 0 aliphatic carbocycles. The Kier molecular flexibility index (Phi) is 11.1. The van der Waals surface area contributed by atoms with Gasteiger partial charge >= 0.3 is 11.9 Å². The van der Waals surface area contributed by atoms with Gasteiger partial charge in [-0.2, -0.15) is 0 Å². The van der Waals surface area contributed by atoms with Crippen LogP contribution in [-0.2, 0) is 18.3 Å². The summed E-state index contributed by atoms with van der Waals surface area (Å²) in [6, 6.07) is 17.9. The molecule has 0 amide bonds. The van der Waals surface area contributed by atoms with Crippen molar-refractivity contribution in [2.75, 3.05) is 0 Å². The van der Waals surface area contributed by atoms with Crippen LogP contribution in [0.2, 0.25) is 39.3 Å². The lowest BCUT2D eigenvalue weighted by Crippen LogP contribution is -2.56. The molecule has 0 radical (unpaired) electrons. The second-order valence-electron chi connectivity index (χ2n) is 10.8. The Morgan fingerprint density at radius 3 is 1.17 bits per heavy atom. The number of hydrogen-bond acceptors (Lipinski definition) is 6. The lowest BCUT2D eigenvalue weighted by molar-refractivity contribution is -0.0992. The molecule has 0 bridgehead atoms. The highest BCUT2D eigenvalue weighted by Crippen LogP contribution is 2.28. The zero-order valence-corrected chi connectivity index (χ0v) is 24.9. The summed E-state index contributed by atoms with van der Waals surface area (Å²) in [7, 11) is -4.25. The van der Waals surface area contributed by atoms with E-state index in [1.165, 1.54) is 0 Å². The van der Waals surface area contributed by atoms with Crippen molar-refractivity contribution in [2.45, 2.75) is 90.4 Å². The first-order valence-electron chi connectivity index (χ1n) is 12.7. The molecule has 0 N–H and O–H groups in total. The third-order valence-electron chi connectivity index (χ3n) is 5.38. The monoisotopic (exact) mass is 530 g/mol. The van der Waals surface area contributed by atoms with Crippen molar-refractivity contribution < 1.29 is 27.9 Å². The van der Waals surface area contributed by atoms with Crippen molar-refractivity contribution in [1.29, 1.82) is 0 Å². The van der Waals surface area contributed by atoms with Gasteiger partial charge in [0.25, 0.3) is 0 Å². The van der Waals surface area contributed by atoms with Crippen molar-refractivity contribution in [3.05, 3.63) is 71.8 Å². The van der Waals surface area contributed by atoms with Crippen LogP contribution in [0.15, 0.2) is 60.7 Å². The summed E-state index contributed by atoms with van der Waals surface area (Å²) in [5, 5.41) is 0. The smallest absolute Gasteiger partial charge is 0.338 e. The highest BCUT2D eigenvalue weighted by atomic mass is 28.4. The van der Waals surface area contributed by atoms with Crippen molar-refractivity contribution in [1.82, 2.24) is 0 Å². The average Bonchev–Trinajstić information content (AvgIpc) is 2.83. The molecule has 2 aromatic carbocycles. The summed E-state index contributed by atoms with van der Waals surface area (Å²) in [6.45, 7) is 16.5. The molecule has 0 aliphatic heterocycles. The maximum absolute atomic E-state index is 13.0. The average molecular weight is 531 g/mol. The standard InChI is InChI=1S/C28H42O6Si2/c1-9-23(31-27(29)21-17-13-11-14-18-21)25(33-35(3,4)5)26(34-36(6,7)8)24(10-2)32-28(30)22-19-15-12-16-20-22/h11-20,23-26H,9-10H2,1-8H3. The summed E-state index contributed by atoms with van der Waals surface area (Å²) < 4.78 is 25.4. The number of carbonyl (C=O) groups excluding carboxylic acids is 2. The normalized spacial score (nSPS) is 15.4. The topological polar surface area (TPSA) is 71.1 Å². The van der Waals surface area contributed by atoms with Crippen LogP contribution in [-0.4, -0.2) is 53.0 Å². The van der Waals surface area contributed by atoms with Gasteiger partial charge in [-0.15, -0.1) is 0 Å². The molecule has 0 fully saturated rings. The summed E-state index contributed by atoms with van der Waals surface area (Å²) in [6.07, 6.45) is -1.26. The van der Waals surface area contributed by atoms with Gasteiger partial charge in [-0.3, -0.25) is 0 Å². The van der Waals surface area contributed by atoms with E-state index >= 15 is 0 Å². The highest BCUT2D eigenvalue weighted by molar-refractivity contribution is 6.70. The number of esters is 2. The first kappa shape index (κ1) is 30.0. The van der Waals surface area contributed by atoms with Crippen LogP contribution in [0.3, 0.4) is 0 Å². The Morgan fingerprint density at radius 2 is 0.917 bits per heavy atom. The predicted octanol–water partition coefficient (Wildman–Crippen LogP) is 6.70. The van der Waals surface area contributed by atoms with E-state index < -0.39 is 53.0 Å². The molecule has 2 aromatic rings. The molecule has 4 unspecified atom stereocenters. The number of rotatable bonds is 13. The van der Waals surface area contributed by atoms with Gasteiger partial charge in [-0.1, -0.05) is 50.2 Å². The van der Waals surface area contributed by atoms with E-state index in [1.807, 2.05) is 26.0 Å². The minimum atomic E-state index is -2.13. The lowest BCUT2D eigenvalue weighted by atomic mass is 9.99. The summed E-state index contributed by atoms with van der Waals surface area (Å²) in [5.74, 6) is -0.819. The Bertz CT molecular complexity index is 874. The number of hydrogen-bond donors (Lipinski definition) is 0. The van der Waals surface area contributed by atoms with Crippen LogP contribution in [0.5, 0.6) is 0 Å². The molecule has 36 heavy (non-hydrogen) atoms. The van der Waals surface area contributed by atoms with Gasteiger partial charge in [-0.05, 0) is 76.4 Å². The fourth-order valence-electron chi connectivity index (χ4n) is 3.85. The summed E-state index contributed by atoms with van der Waals surface area (Å²) >= 11 is 0. The van der Waals surface area contributed by atoms with Gasteiger partial charge in [0.05, 0.1) is 11.1 Å². The van der Waals surface area contributed by atoms with Gasteiger partial charge in [-0.25, -0.2) is 9.59 Å². The minimum absolute atomic E-state index is 0.410. The molecular formula is C28H42O6Si2. The fourth-order valence-corrected chi connectivity index (χ4v) is 6.06. The Morgan fingerprint density at radius 1 is 0.611 bits per heavy atom. The van der Waals surface area contributed by atoms with Crippen molar-refractivity contribution in [3.63, 3.8) is 0 Å². The maximum Gasteiger partial charge on any atom is 0.338 e. The summed E-state index contributed by atoms with van der Waals surface area (Å²) in [4.78, 5) is 26.0. The molecule has 0 aliphatic rings. The van der Waals surface area contributed by atoms with Crippen molar-refractivity contribution in [2.24, 2.45) is 0 Å². The van der Waals surface area contributed by atoms with Crippen LogP contribution in [0.4, 0.5) is 0 Å². The molecule has 0 saturated carbocycles. The van der Waals surface area contributed by atoms with Gasteiger partial charge in [0.15, 0.2) is 16.6 Å². The maximum atomic E-state index is 13.0. The zero-order valence-electron chi connectivity index (χ0n) is 22.9. The van der Waals surface area contributed by atoms with Gasteiger partial charge in [0, 0.05) is 0 Å². The first-order valence-corrected chi connectivity index (χ1v) is 19.5. The van der Waals surface area contributed by atoms with Gasteiger partial charge < -0.3 is 18.3 Å². The van der Waals surface area contributed by atoms with Crippen LogP contribution in [0.25, 0.3) is 0 Å².